The third-order valence-electron chi connectivity index (χ3n) is 3.43. The molecule has 100 valence electrons. The molecule has 20 heavy (non-hydrogen) atoms. The number of benzene rings is 2. The Morgan fingerprint density at radius 3 is 2.50 bits per heavy atom. The molecule has 0 radical (unpaired) electrons. The number of nitrogens with zero attached hydrogens (tertiary/aromatic N) is 1. The highest BCUT2D eigenvalue weighted by atomic mass is 14.8. The van der Waals surface area contributed by atoms with Crippen LogP contribution in [0.4, 0.5) is 0 Å². The van der Waals surface area contributed by atoms with Gasteiger partial charge in [0.05, 0.1) is 11.2 Å². The van der Waals surface area contributed by atoms with Gasteiger partial charge >= 0.3 is 0 Å². The van der Waals surface area contributed by atoms with Crippen molar-refractivity contribution >= 4 is 10.9 Å². The monoisotopic (exact) mass is 262 g/mol. The number of nitrogens with one attached hydrogen (secondary N) is 1. The fourth-order valence-corrected chi connectivity index (χ4v) is 2.29. The second-order valence-electron chi connectivity index (χ2n) is 4.87. The van der Waals surface area contributed by atoms with Gasteiger partial charge in [-0.2, -0.15) is 0 Å². The second-order valence-corrected chi connectivity index (χ2v) is 4.87. The van der Waals surface area contributed by atoms with Crippen molar-refractivity contribution in [1.29, 1.82) is 0 Å². The van der Waals surface area contributed by atoms with Crippen LogP contribution in [0.1, 0.15) is 12.5 Å². The van der Waals surface area contributed by atoms with Crippen LogP contribution < -0.4 is 5.32 Å². The van der Waals surface area contributed by atoms with E-state index in [4.69, 9.17) is 4.98 Å². The number of pyridine rings is 1. The molecule has 2 heteroatoms. The summed E-state index contributed by atoms with van der Waals surface area (Å²) in [5.74, 6) is 0. The van der Waals surface area contributed by atoms with Crippen molar-refractivity contribution in [2.24, 2.45) is 0 Å². The Morgan fingerprint density at radius 1 is 0.900 bits per heavy atom. The fraction of sp³-hybridized carbons (Fsp3) is 0.167. The largest absolute Gasteiger partial charge is 0.313 e. The quantitative estimate of drug-likeness (QED) is 0.768. The molecule has 2 aromatic carbocycles. The molecule has 3 rings (SSSR count). The van der Waals surface area contributed by atoms with E-state index in [1.54, 1.807) is 0 Å². The van der Waals surface area contributed by atoms with Gasteiger partial charge < -0.3 is 5.32 Å². The van der Waals surface area contributed by atoms with Crippen LogP contribution in [0.2, 0.25) is 0 Å². The summed E-state index contributed by atoms with van der Waals surface area (Å²) in [4.78, 5) is 4.72. The SMILES string of the molecule is CCNCc1ccc(-c2ccc3ccccc3n2)cc1. The Bertz CT molecular complexity index is 702. The minimum Gasteiger partial charge on any atom is -0.313 e. The Morgan fingerprint density at radius 2 is 1.70 bits per heavy atom. The highest BCUT2D eigenvalue weighted by Crippen LogP contribution is 2.21. The topological polar surface area (TPSA) is 24.9 Å². The summed E-state index contributed by atoms with van der Waals surface area (Å²) < 4.78 is 0. The first kappa shape index (κ1) is 12.8. The number of rotatable bonds is 4. The van der Waals surface area contributed by atoms with Crippen LogP contribution in [-0.2, 0) is 6.54 Å². The Kier molecular flexibility index (Phi) is 3.75. The van der Waals surface area contributed by atoms with Gasteiger partial charge in [0.2, 0.25) is 0 Å². The average molecular weight is 262 g/mol. The standard InChI is InChI=1S/C18H18N2/c1-2-19-13-14-7-9-16(10-8-14)18-12-11-15-5-3-4-6-17(15)20-18/h3-12,19H,2,13H2,1H3. The van der Waals surface area contributed by atoms with Crippen molar-refractivity contribution in [1.82, 2.24) is 10.3 Å². The number of aromatic nitrogens is 1. The molecule has 0 aliphatic rings. The lowest BCUT2D eigenvalue weighted by Crippen LogP contribution is -2.11. The first-order chi connectivity index (χ1) is 9.86. The molecule has 1 aromatic heterocycles. The van der Waals surface area contributed by atoms with Gasteiger partial charge in [0, 0.05) is 17.5 Å². The summed E-state index contributed by atoms with van der Waals surface area (Å²) >= 11 is 0. The maximum absolute atomic E-state index is 4.72. The Labute approximate surface area is 119 Å². The normalized spacial score (nSPS) is 10.8. The van der Waals surface area contributed by atoms with E-state index in [9.17, 15) is 0 Å². The van der Waals surface area contributed by atoms with Crippen molar-refractivity contribution < 1.29 is 0 Å². The number of hydrogen-bond donors (Lipinski definition) is 1. The van der Waals surface area contributed by atoms with E-state index < -0.39 is 0 Å². The predicted molar refractivity (Wildman–Crippen MR) is 84.6 cm³/mol. The molecule has 0 amide bonds. The molecule has 0 aliphatic carbocycles. The first-order valence-electron chi connectivity index (χ1n) is 7.02. The minimum atomic E-state index is 0.919. The van der Waals surface area contributed by atoms with E-state index in [2.05, 4.69) is 60.8 Å². The predicted octanol–water partition coefficient (Wildman–Crippen LogP) is 4.01. The molecule has 0 bridgehead atoms. The van der Waals surface area contributed by atoms with Crippen LogP contribution in [0.15, 0.2) is 60.7 Å². The summed E-state index contributed by atoms with van der Waals surface area (Å²) in [6.07, 6.45) is 0. The molecule has 0 spiro atoms. The lowest BCUT2D eigenvalue weighted by atomic mass is 10.1. The summed E-state index contributed by atoms with van der Waals surface area (Å²) in [6.45, 7) is 4.03. The van der Waals surface area contributed by atoms with Crippen molar-refractivity contribution in [3.05, 3.63) is 66.2 Å². The van der Waals surface area contributed by atoms with E-state index in [0.29, 0.717) is 0 Å². The van der Waals surface area contributed by atoms with Crippen LogP contribution in [0.25, 0.3) is 22.2 Å². The van der Waals surface area contributed by atoms with Crippen molar-refractivity contribution in [2.45, 2.75) is 13.5 Å². The van der Waals surface area contributed by atoms with Gasteiger partial charge in [-0.05, 0) is 24.2 Å². The van der Waals surface area contributed by atoms with Crippen LogP contribution >= 0.6 is 0 Å². The number of fused-ring (bicyclic) bond motifs is 1. The van der Waals surface area contributed by atoms with Crippen LogP contribution in [0, 0.1) is 0 Å². The molecule has 1 N–H and O–H groups in total. The van der Waals surface area contributed by atoms with E-state index in [1.807, 2.05) is 12.1 Å². The summed E-state index contributed by atoms with van der Waals surface area (Å²) in [5, 5.41) is 4.51. The van der Waals surface area contributed by atoms with Crippen LogP contribution in [-0.4, -0.2) is 11.5 Å². The lowest BCUT2D eigenvalue weighted by molar-refractivity contribution is 0.727. The van der Waals surface area contributed by atoms with Crippen molar-refractivity contribution in [3.8, 4) is 11.3 Å². The molecule has 3 aromatic rings. The lowest BCUT2D eigenvalue weighted by Gasteiger charge is -2.06. The van der Waals surface area contributed by atoms with Gasteiger partial charge in [-0.15, -0.1) is 0 Å². The molecule has 2 nitrogen and oxygen atoms in total. The first-order valence-corrected chi connectivity index (χ1v) is 7.02. The van der Waals surface area contributed by atoms with Gasteiger partial charge in [-0.1, -0.05) is 55.5 Å². The highest BCUT2D eigenvalue weighted by Gasteiger charge is 2.01. The zero-order chi connectivity index (χ0) is 13.8. The zero-order valence-electron chi connectivity index (χ0n) is 11.6. The van der Waals surface area contributed by atoms with Crippen molar-refractivity contribution in [2.75, 3.05) is 6.54 Å². The van der Waals surface area contributed by atoms with E-state index in [0.717, 1.165) is 29.9 Å². The Balaban J connectivity index is 1.90. The Hall–Kier alpha value is -2.19. The maximum atomic E-state index is 4.72. The van der Waals surface area contributed by atoms with Gasteiger partial charge in [-0.25, -0.2) is 4.98 Å². The maximum Gasteiger partial charge on any atom is 0.0709 e. The molecule has 0 saturated carbocycles. The van der Waals surface area contributed by atoms with Gasteiger partial charge in [0.1, 0.15) is 0 Å². The van der Waals surface area contributed by atoms with Crippen LogP contribution in [0.3, 0.4) is 0 Å². The molecule has 0 fully saturated rings. The van der Waals surface area contributed by atoms with Gasteiger partial charge in [0.15, 0.2) is 0 Å². The summed E-state index contributed by atoms with van der Waals surface area (Å²) in [6, 6.07) is 21.0. The van der Waals surface area contributed by atoms with Crippen molar-refractivity contribution in [3.63, 3.8) is 0 Å². The fourth-order valence-electron chi connectivity index (χ4n) is 2.29. The third kappa shape index (κ3) is 2.70. The van der Waals surface area contributed by atoms with Gasteiger partial charge in [0.25, 0.3) is 0 Å². The second kappa shape index (κ2) is 5.85. The number of para-hydroxylation sites is 1. The molecule has 1 heterocycles. The molecule has 0 unspecified atom stereocenters. The number of hydrogen-bond acceptors (Lipinski definition) is 2. The molecule has 0 saturated heterocycles. The molecule has 0 atom stereocenters. The minimum absolute atomic E-state index is 0.919. The highest BCUT2D eigenvalue weighted by molar-refractivity contribution is 5.81. The average Bonchev–Trinajstić information content (AvgIpc) is 2.53. The van der Waals surface area contributed by atoms with Gasteiger partial charge in [-0.3, -0.25) is 0 Å². The molecular weight excluding hydrogens is 244 g/mol. The molecular formula is C18H18N2. The summed E-state index contributed by atoms with van der Waals surface area (Å²) in [7, 11) is 0. The van der Waals surface area contributed by atoms with Crippen LogP contribution in [0.5, 0.6) is 0 Å². The smallest absolute Gasteiger partial charge is 0.0709 e. The van der Waals surface area contributed by atoms with E-state index >= 15 is 0 Å². The third-order valence-corrected chi connectivity index (χ3v) is 3.43. The zero-order valence-corrected chi connectivity index (χ0v) is 11.6. The summed E-state index contributed by atoms with van der Waals surface area (Å²) in [5.41, 5.74) is 4.54. The van der Waals surface area contributed by atoms with E-state index in [-0.39, 0.29) is 0 Å². The molecule has 0 aliphatic heterocycles. The van der Waals surface area contributed by atoms with E-state index in [1.165, 1.54) is 10.9 Å².